The van der Waals surface area contributed by atoms with Gasteiger partial charge in [0.2, 0.25) is 0 Å². The molecule has 9 heteroatoms. The molecular formula is C22H24N2O5S2. The van der Waals surface area contributed by atoms with Crippen LogP contribution in [0.2, 0.25) is 0 Å². The van der Waals surface area contributed by atoms with Crippen molar-refractivity contribution < 1.29 is 22.7 Å². The smallest absolute Gasteiger partial charge is 0.325 e. The zero-order valence-corrected chi connectivity index (χ0v) is 19.6. The maximum absolute atomic E-state index is 12.9. The molecule has 0 aliphatic carbocycles. The van der Waals surface area contributed by atoms with Crippen LogP contribution in [0.4, 0.5) is 0 Å². The van der Waals surface area contributed by atoms with Gasteiger partial charge in [-0.05, 0) is 63.1 Å². The predicted molar refractivity (Wildman–Crippen MR) is 120 cm³/mol. The van der Waals surface area contributed by atoms with Gasteiger partial charge in [-0.1, -0.05) is 23.5 Å². The van der Waals surface area contributed by atoms with Crippen LogP contribution in [0.3, 0.4) is 0 Å². The predicted octanol–water partition coefficient (Wildman–Crippen LogP) is 3.42. The third kappa shape index (κ3) is 4.62. The summed E-state index contributed by atoms with van der Waals surface area (Å²) in [4.78, 5) is 29.6. The summed E-state index contributed by atoms with van der Waals surface area (Å²) in [5, 5.41) is -0.606. The Balaban J connectivity index is 2.16. The fraction of sp³-hybridized carbons (Fsp3) is 0.318. The van der Waals surface area contributed by atoms with Crippen LogP contribution < -0.4 is 4.80 Å². The van der Waals surface area contributed by atoms with Crippen molar-refractivity contribution in [2.75, 3.05) is 7.11 Å². The van der Waals surface area contributed by atoms with Crippen LogP contribution in [0.25, 0.3) is 10.2 Å². The minimum atomic E-state index is -3.52. The Morgan fingerprint density at radius 3 is 2.52 bits per heavy atom. The number of ether oxygens (including phenoxy) is 1. The molecule has 0 aliphatic rings. The summed E-state index contributed by atoms with van der Waals surface area (Å²) in [5.41, 5.74) is 2.98. The Bertz CT molecular complexity index is 1350. The number of aryl methyl sites for hydroxylation is 2. The zero-order valence-electron chi connectivity index (χ0n) is 18.0. The molecule has 0 saturated heterocycles. The number of methoxy groups -OCH3 is 1. The zero-order chi connectivity index (χ0) is 22.9. The van der Waals surface area contributed by atoms with E-state index >= 15 is 0 Å². The molecule has 0 fully saturated rings. The van der Waals surface area contributed by atoms with E-state index in [0.29, 0.717) is 4.80 Å². The highest BCUT2D eigenvalue weighted by atomic mass is 32.2. The lowest BCUT2D eigenvalue weighted by atomic mass is 10.1. The average molecular weight is 461 g/mol. The minimum Gasteiger partial charge on any atom is -0.468 e. The fourth-order valence-electron chi connectivity index (χ4n) is 3.17. The van der Waals surface area contributed by atoms with Crippen LogP contribution in [0, 0.1) is 13.8 Å². The number of carbonyl (C=O) groups is 2. The Hall–Kier alpha value is -2.78. The maximum Gasteiger partial charge on any atom is 0.325 e. The van der Waals surface area contributed by atoms with Crippen LogP contribution >= 0.6 is 11.3 Å². The molecule has 1 amide bonds. The molecule has 31 heavy (non-hydrogen) atoms. The lowest BCUT2D eigenvalue weighted by Gasteiger charge is -2.08. The van der Waals surface area contributed by atoms with Gasteiger partial charge >= 0.3 is 5.97 Å². The number of hydrogen-bond acceptors (Lipinski definition) is 6. The van der Waals surface area contributed by atoms with Gasteiger partial charge in [-0.25, -0.2) is 8.42 Å². The number of fused-ring (bicyclic) bond motifs is 1. The van der Waals surface area contributed by atoms with Crippen molar-refractivity contribution in [3.8, 4) is 0 Å². The molecule has 1 aromatic heterocycles. The number of sulfone groups is 1. The van der Waals surface area contributed by atoms with Crippen molar-refractivity contribution >= 4 is 43.3 Å². The molecule has 3 rings (SSSR count). The molecule has 1 heterocycles. The van der Waals surface area contributed by atoms with Crippen molar-refractivity contribution in [3.63, 3.8) is 0 Å². The van der Waals surface area contributed by atoms with Gasteiger partial charge in [-0.3, -0.25) is 9.59 Å². The number of aromatic nitrogens is 1. The number of hydrogen-bond donors (Lipinski definition) is 0. The fourth-order valence-corrected chi connectivity index (χ4v) is 5.36. The number of nitrogens with zero attached hydrogens (tertiary/aromatic N) is 2. The molecular weight excluding hydrogens is 436 g/mol. The number of amides is 1. The highest BCUT2D eigenvalue weighted by Crippen LogP contribution is 2.24. The van der Waals surface area contributed by atoms with Crippen molar-refractivity contribution in [1.82, 2.24) is 4.57 Å². The van der Waals surface area contributed by atoms with Gasteiger partial charge in [0, 0.05) is 5.56 Å². The average Bonchev–Trinajstić information content (AvgIpc) is 3.05. The van der Waals surface area contributed by atoms with E-state index in [1.807, 2.05) is 26.0 Å². The van der Waals surface area contributed by atoms with Crippen LogP contribution in [0.1, 0.15) is 35.3 Å². The summed E-state index contributed by atoms with van der Waals surface area (Å²) >= 11 is 1.30. The van der Waals surface area contributed by atoms with E-state index in [1.165, 1.54) is 42.7 Å². The largest absolute Gasteiger partial charge is 0.468 e. The molecule has 0 unspecified atom stereocenters. The minimum absolute atomic E-state index is 0.0776. The molecule has 7 nitrogen and oxygen atoms in total. The molecule has 3 aromatic rings. The number of thiazole rings is 1. The number of rotatable bonds is 5. The lowest BCUT2D eigenvalue weighted by Crippen LogP contribution is -2.22. The Kier molecular flexibility index (Phi) is 6.47. The van der Waals surface area contributed by atoms with Gasteiger partial charge in [0.25, 0.3) is 5.91 Å². The molecule has 0 spiro atoms. The van der Waals surface area contributed by atoms with Crippen molar-refractivity contribution in [2.45, 2.75) is 44.4 Å². The molecule has 0 radical (unpaired) electrons. The maximum atomic E-state index is 12.9. The van der Waals surface area contributed by atoms with Gasteiger partial charge in [-0.2, -0.15) is 4.99 Å². The monoisotopic (exact) mass is 460 g/mol. The Morgan fingerprint density at radius 1 is 1.16 bits per heavy atom. The first kappa shape index (κ1) is 22.9. The SMILES string of the molecule is COC(=O)Cn1c(=NC(=O)c2cccc(S(=O)(=O)C(C)C)c2)sc2c(C)cc(C)cc21. The summed E-state index contributed by atoms with van der Waals surface area (Å²) in [6.07, 6.45) is 0. The Labute approximate surface area is 184 Å². The summed E-state index contributed by atoms with van der Waals surface area (Å²) in [7, 11) is -2.22. The van der Waals surface area contributed by atoms with Gasteiger partial charge in [-0.15, -0.1) is 0 Å². The van der Waals surface area contributed by atoms with Crippen molar-refractivity contribution in [1.29, 1.82) is 0 Å². The van der Waals surface area contributed by atoms with E-state index in [0.717, 1.165) is 21.3 Å². The molecule has 0 bridgehead atoms. The first-order chi connectivity index (χ1) is 14.5. The molecule has 0 saturated carbocycles. The van der Waals surface area contributed by atoms with Gasteiger partial charge in [0.1, 0.15) is 6.54 Å². The first-order valence-electron chi connectivity index (χ1n) is 9.65. The van der Waals surface area contributed by atoms with Crippen LogP contribution in [-0.4, -0.2) is 37.2 Å². The van der Waals surface area contributed by atoms with Crippen molar-refractivity contribution in [2.24, 2.45) is 4.99 Å². The van der Waals surface area contributed by atoms with Gasteiger partial charge in [0.05, 0.1) is 27.5 Å². The molecule has 164 valence electrons. The van der Waals surface area contributed by atoms with E-state index in [-0.39, 0.29) is 17.0 Å². The van der Waals surface area contributed by atoms with Gasteiger partial charge < -0.3 is 9.30 Å². The second kappa shape index (κ2) is 8.76. The standard InChI is InChI=1S/C22H24N2O5S2/c1-13(2)31(27,28)17-8-6-7-16(11-17)21(26)23-22-24(12-19(25)29-5)18-10-14(3)9-15(4)20(18)30-22/h6-11,13H,12H2,1-5H3. The molecule has 2 aromatic carbocycles. The number of carbonyl (C=O) groups excluding carboxylic acids is 2. The van der Waals surface area contributed by atoms with Crippen LogP contribution in [-0.2, 0) is 25.9 Å². The van der Waals surface area contributed by atoms with E-state index in [9.17, 15) is 18.0 Å². The number of esters is 1. The normalized spacial score (nSPS) is 12.5. The quantitative estimate of drug-likeness (QED) is 0.544. The van der Waals surface area contributed by atoms with Crippen LogP contribution in [0.15, 0.2) is 46.3 Å². The third-order valence-corrected chi connectivity index (χ3v) is 8.24. The summed E-state index contributed by atoms with van der Waals surface area (Å²) in [6, 6.07) is 9.81. The summed E-state index contributed by atoms with van der Waals surface area (Å²) < 4.78 is 32.3. The third-order valence-electron chi connectivity index (χ3n) is 4.86. The van der Waals surface area contributed by atoms with Crippen molar-refractivity contribution in [3.05, 3.63) is 57.9 Å². The van der Waals surface area contributed by atoms with E-state index in [2.05, 4.69) is 4.99 Å². The van der Waals surface area contributed by atoms with E-state index < -0.39 is 27.0 Å². The first-order valence-corrected chi connectivity index (χ1v) is 12.0. The number of benzene rings is 2. The highest BCUT2D eigenvalue weighted by molar-refractivity contribution is 7.92. The summed E-state index contributed by atoms with van der Waals surface area (Å²) in [5.74, 6) is -1.04. The Morgan fingerprint density at radius 2 is 1.87 bits per heavy atom. The van der Waals surface area contributed by atoms with Crippen LogP contribution in [0.5, 0.6) is 0 Å². The second-order valence-corrected chi connectivity index (χ2v) is 11.0. The van der Waals surface area contributed by atoms with E-state index in [1.54, 1.807) is 18.4 Å². The molecule has 0 N–H and O–H groups in total. The second-order valence-electron chi connectivity index (χ2n) is 7.52. The topological polar surface area (TPSA) is 94.8 Å². The van der Waals surface area contributed by atoms with E-state index in [4.69, 9.17) is 4.74 Å². The molecule has 0 atom stereocenters. The molecule has 0 aliphatic heterocycles. The highest BCUT2D eigenvalue weighted by Gasteiger charge is 2.21. The van der Waals surface area contributed by atoms with Gasteiger partial charge in [0.15, 0.2) is 14.6 Å². The summed E-state index contributed by atoms with van der Waals surface area (Å²) in [6.45, 7) is 7.00. The lowest BCUT2D eigenvalue weighted by molar-refractivity contribution is -0.141.